The van der Waals surface area contributed by atoms with Crippen LogP contribution in [0.2, 0.25) is 5.02 Å². The third-order valence-electron chi connectivity index (χ3n) is 5.78. The predicted octanol–water partition coefficient (Wildman–Crippen LogP) is 3.98. The van der Waals surface area contributed by atoms with E-state index in [-0.39, 0.29) is 35.0 Å². The highest BCUT2D eigenvalue weighted by Crippen LogP contribution is 2.28. The Morgan fingerprint density at radius 1 is 1.23 bits per heavy atom. The summed E-state index contributed by atoms with van der Waals surface area (Å²) in [5.41, 5.74) is 3.49. The van der Waals surface area contributed by atoms with Crippen molar-refractivity contribution >= 4 is 40.4 Å². The highest BCUT2D eigenvalue weighted by atomic mass is 35.5. The molecule has 1 aliphatic heterocycles. The maximum Gasteiger partial charge on any atom is 0.271 e. The average molecular weight is 496 g/mol. The number of phenols is 1. The third-order valence-corrected chi connectivity index (χ3v) is 6.08. The van der Waals surface area contributed by atoms with E-state index in [1.807, 2.05) is 30.3 Å². The van der Waals surface area contributed by atoms with Gasteiger partial charge < -0.3 is 19.5 Å². The summed E-state index contributed by atoms with van der Waals surface area (Å²) in [6, 6.07) is 15.3. The van der Waals surface area contributed by atoms with Gasteiger partial charge in [-0.3, -0.25) is 9.59 Å². The molecule has 0 aliphatic carbocycles. The molecule has 182 valence electrons. The number of fused-ring (bicyclic) bond motifs is 1. The van der Waals surface area contributed by atoms with Crippen LogP contribution in [0, 0.1) is 0 Å². The number of phenolic OH excluding ortho intramolecular Hbond substituents is 1. The second-order valence-corrected chi connectivity index (χ2v) is 8.67. The lowest BCUT2D eigenvalue weighted by Gasteiger charge is -2.21. The first-order valence-electron chi connectivity index (χ1n) is 11.2. The molecule has 0 saturated carbocycles. The van der Waals surface area contributed by atoms with Crippen molar-refractivity contribution in [3.8, 4) is 11.5 Å². The number of hydrazone groups is 1. The van der Waals surface area contributed by atoms with Crippen molar-refractivity contribution in [2.45, 2.75) is 18.9 Å². The fraction of sp³-hybridized carbons (Fsp3) is 0.269. The molecule has 35 heavy (non-hydrogen) atoms. The number of carbonyl (C=O) groups is 2. The number of rotatable bonds is 8. The van der Waals surface area contributed by atoms with Crippen LogP contribution in [0.1, 0.15) is 28.8 Å². The lowest BCUT2D eigenvalue weighted by molar-refractivity contribution is -0.133. The van der Waals surface area contributed by atoms with Gasteiger partial charge in [0.15, 0.2) is 6.61 Å². The van der Waals surface area contributed by atoms with Gasteiger partial charge in [-0.05, 0) is 48.6 Å². The number of ether oxygens (including phenoxy) is 2. The first-order valence-corrected chi connectivity index (χ1v) is 11.6. The fourth-order valence-electron chi connectivity index (χ4n) is 3.85. The number of nitrogens with one attached hydrogen (secondary N) is 1. The van der Waals surface area contributed by atoms with Crippen molar-refractivity contribution in [3.05, 3.63) is 70.7 Å². The molecule has 1 fully saturated rings. The first kappa shape index (κ1) is 24.5. The van der Waals surface area contributed by atoms with Crippen LogP contribution in [-0.2, 0) is 9.53 Å². The van der Waals surface area contributed by atoms with Crippen molar-refractivity contribution < 1.29 is 24.2 Å². The Labute approximate surface area is 208 Å². The van der Waals surface area contributed by atoms with E-state index in [0.29, 0.717) is 12.3 Å². The summed E-state index contributed by atoms with van der Waals surface area (Å²) in [5, 5.41) is 15.3. The van der Waals surface area contributed by atoms with Crippen LogP contribution in [0.3, 0.4) is 0 Å². The highest BCUT2D eigenvalue weighted by molar-refractivity contribution is 6.32. The summed E-state index contributed by atoms with van der Waals surface area (Å²) >= 11 is 5.86. The van der Waals surface area contributed by atoms with Gasteiger partial charge in [0.05, 0.1) is 17.3 Å². The summed E-state index contributed by atoms with van der Waals surface area (Å²) in [4.78, 5) is 26.5. The van der Waals surface area contributed by atoms with Crippen molar-refractivity contribution in [2.24, 2.45) is 5.10 Å². The maximum atomic E-state index is 12.5. The first-order chi connectivity index (χ1) is 16.9. The summed E-state index contributed by atoms with van der Waals surface area (Å²) in [6.45, 7) is 1.23. The molecule has 3 aromatic carbocycles. The minimum atomic E-state index is -0.460. The van der Waals surface area contributed by atoms with E-state index in [0.717, 1.165) is 35.8 Å². The van der Waals surface area contributed by atoms with Gasteiger partial charge in [0.2, 0.25) is 0 Å². The SMILES string of the molecule is CN(CC1CCCO1)C(=O)COc1ccc(C=NNC(=O)c2ccc(O)c(Cl)c2)c2ccccc12. The Kier molecular flexibility index (Phi) is 7.84. The van der Waals surface area contributed by atoms with E-state index >= 15 is 0 Å². The van der Waals surface area contributed by atoms with Crippen molar-refractivity contribution in [2.75, 3.05) is 26.8 Å². The van der Waals surface area contributed by atoms with Gasteiger partial charge in [-0.15, -0.1) is 0 Å². The number of aromatic hydroxyl groups is 1. The zero-order valence-electron chi connectivity index (χ0n) is 19.2. The van der Waals surface area contributed by atoms with Crippen LogP contribution in [0.4, 0.5) is 0 Å². The Morgan fingerprint density at radius 3 is 2.77 bits per heavy atom. The van der Waals surface area contributed by atoms with E-state index in [2.05, 4.69) is 10.5 Å². The van der Waals surface area contributed by atoms with Crippen LogP contribution in [0.25, 0.3) is 10.8 Å². The molecule has 0 spiro atoms. The molecule has 0 aromatic heterocycles. The molecule has 4 rings (SSSR count). The van der Waals surface area contributed by atoms with Gasteiger partial charge in [-0.1, -0.05) is 35.9 Å². The standard InChI is InChI=1S/C26H26ClN3O5/c1-30(15-19-5-4-12-34-19)25(32)16-35-24-11-9-18(20-6-2-3-7-21(20)24)14-28-29-26(33)17-8-10-23(31)22(27)13-17/h2-3,6-11,13-14,19,31H,4-5,12,15-16H2,1H3,(H,29,33). The molecule has 1 aliphatic rings. The van der Waals surface area contributed by atoms with E-state index < -0.39 is 5.91 Å². The zero-order chi connectivity index (χ0) is 24.8. The van der Waals surface area contributed by atoms with Crippen LogP contribution in [-0.4, -0.2) is 60.9 Å². The third kappa shape index (κ3) is 6.09. The van der Waals surface area contributed by atoms with E-state index in [1.165, 1.54) is 24.4 Å². The lowest BCUT2D eigenvalue weighted by Crippen LogP contribution is -2.37. The number of halogens is 1. The molecule has 1 heterocycles. The van der Waals surface area contributed by atoms with E-state index in [4.69, 9.17) is 21.1 Å². The molecule has 1 unspecified atom stereocenters. The molecule has 8 nitrogen and oxygen atoms in total. The van der Waals surface area contributed by atoms with Crippen molar-refractivity contribution in [1.29, 1.82) is 0 Å². The molecule has 3 aromatic rings. The summed E-state index contributed by atoms with van der Waals surface area (Å²) in [7, 11) is 1.76. The minimum Gasteiger partial charge on any atom is -0.506 e. The number of nitrogens with zero attached hydrogens (tertiary/aromatic N) is 2. The number of hydrogen-bond donors (Lipinski definition) is 2. The van der Waals surface area contributed by atoms with Crippen LogP contribution in [0.15, 0.2) is 59.7 Å². The van der Waals surface area contributed by atoms with Gasteiger partial charge >= 0.3 is 0 Å². The second-order valence-electron chi connectivity index (χ2n) is 8.26. The number of carbonyl (C=O) groups excluding carboxylic acids is 2. The topological polar surface area (TPSA) is 100 Å². The van der Waals surface area contributed by atoms with Crippen molar-refractivity contribution in [3.63, 3.8) is 0 Å². The molecule has 1 atom stereocenters. The Morgan fingerprint density at radius 2 is 2.03 bits per heavy atom. The number of likely N-dealkylation sites (N-methyl/N-ethyl adjacent to an activating group) is 1. The predicted molar refractivity (Wildman–Crippen MR) is 134 cm³/mol. The summed E-state index contributed by atoms with van der Waals surface area (Å²) < 4.78 is 11.5. The fourth-order valence-corrected chi connectivity index (χ4v) is 4.03. The molecule has 9 heteroatoms. The highest BCUT2D eigenvalue weighted by Gasteiger charge is 2.20. The van der Waals surface area contributed by atoms with Crippen LogP contribution >= 0.6 is 11.6 Å². The zero-order valence-corrected chi connectivity index (χ0v) is 20.0. The molecule has 2 N–H and O–H groups in total. The molecular formula is C26H26ClN3O5. The van der Waals surface area contributed by atoms with E-state index in [9.17, 15) is 14.7 Å². The second kappa shape index (κ2) is 11.2. The summed E-state index contributed by atoms with van der Waals surface area (Å²) in [5.74, 6) is -0.0960. The molecule has 0 bridgehead atoms. The quantitative estimate of drug-likeness (QED) is 0.363. The molecule has 1 saturated heterocycles. The molecule has 0 radical (unpaired) electrons. The monoisotopic (exact) mass is 495 g/mol. The Bertz CT molecular complexity index is 1260. The number of amides is 2. The molecular weight excluding hydrogens is 470 g/mol. The average Bonchev–Trinajstić information content (AvgIpc) is 3.37. The number of hydrogen-bond acceptors (Lipinski definition) is 6. The number of benzene rings is 3. The Hall–Kier alpha value is -3.62. The summed E-state index contributed by atoms with van der Waals surface area (Å²) in [6.07, 6.45) is 3.62. The van der Waals surface area contributed by atoms with Gasteiger partial charge in [0.25, 0.3) is 11.8 Å². The van der Waals surface area contributed by atoms with E-state index in [1.54, 1.807) is 18.0 Å². The van der Waals surface area contributed by atoms with Crippen LogP contribution in [0.5, 0.6) is 11.5 Å². The minimum absolute atomic E-state index is 0.0775. The van der Waals surface area contributed by atoms with Gasteiger partial charge in [-0.2, -0.15) is 5.10 Å². The largest absolute Gasteiger partial charge is 0.506 e. The van der Waals surface area contributed by atoms with Gasteiger partial charge in [0, 0.05) is 36.7 Å². The maximum absolute atomic E-state index is 12.5. The van der Waals surface area contributed by atoms with Crippen LogP contribution < -0.4 is 10.2 Å². The normalized spacial score (nSPS) is 15.4. The Balaban J connectivity index is 1.42. The lowest BCUT2D eigenvalue weighted by atomic mass is 10.0. The van der Waals surface area contributed by atoms with Crippen molar-refractivity contribution in [1.82, 2.24) is 10.3 Å². The smallest absolute Gasteiger partial charge is 0.271 e. The van der Waals surface area contributed by atoms with Gasteiger partial charge in [0.1, 0.15) is 11.5 Å². The van der Waals surface area contributed by atoms with Gasteiger partial charge in [-0.25, -0.2) is 5.43 Å². The molecule has 2 amide bonds.